The highest BCUT2D eigenvalue weighted by Gasteiger charge is 2.26. The number of non-ortho nitro benzene ring substituents is 1. The van der Waals surface area contributed by atoms with Gasteiger partial charge in [0.25, 0.3) is 5.69 Å². The summed E-state index contributed by atoms with van der Waals surface area (Å²) in [5.74, 6) is -0.426. The predicted molar refractivity (Wildman–Crippen MR) is 131 cm³/mol. The van der Waals surface area contributed by atoms with Crippen LogP contribution in [0.1, 0.15) is 11.1 Å². The molecule has 10 nitrogen and oxygen atoms in total. The molecule has 3 aromatic rings. The maximum atomic E-state index is 12.3. The van der Waals surface area contributed by atoms with Gasteiger partial charge in [0.2, 0.25) is 11.6 Å². The normalized spacial score (nSPS) is 14.0. The highest BCUT2D eigenvalue weighted by atomic mass is 127. The third-order valence-electron chi connectivity index (χ3n) is 4.54. The first-order valence-electron chi connectivity index (χ1n) is 9.40. The fourth-order valence-corrected chi connectivity index (χ4v) is 3.64. The minimum atomic E-state index is -0.761. The predicted octanol–water partition coefficient (Wildman–Crippen LogP) is 5.90. The van der Waals surface area contributed by atoms with Crippen molar-refractivity contribution in [3.05, 3.63) is 106 Å². The number of halogens is 2. The van der Waals surface area contributed by atoms with E-state index in [2.05, 4.69) is 27.6 Å². The number of rotatable bonds is 6. The number of aliphatic imine (C=N–C) groups is 1. The average molecular weight is 592 g/mol. The molecule has 1 aliphatic rings. The smallest absolute Gasteiger partial charge is 0.363 e. The molecule has 0 atom stereocenters. The van der Waals surface area contributed by atoms with E-state index in [1.807, 2.05) is 6.07 Å². The van der Waals surface area contributed by atoms with Crippen molar-refractivity contribution in [3.63, 3.8) is 0 Å². The number of nitro benzene ring substituents is 2. The zero-order chi connectivity index (χ0) is 24.4. The van der Waals surface area contributed by atoms with Crippen LogP contribution in [0.4, 0.5) is 11.4 Å². The highest BCUT2D eigenvalue weighted by molar-refractivity contribution is 14.1. The van der Waals surface area contributed by atoms with Crippen LogP contribution in [0.5, 0.6) is 11.5 Å². The number of hydrogen-bond donors (Lipinski definition) is 0. The summed E-state index contributed by atoms with van der Waals surface area (Å²) in [7, 11) is 0. The summed E-state index contributed by atoms with van der Waals surface area (Å²) in [6.07, 6.45) is 1.51. The van der Waals surface area contributed by atoms with Gasteiger partial charge in [0.15, 0.2) is 5.70 Å². The van der Waals surface area contributed by atoms with E-state index in [1.165, 1.54) is 18.2 Å². The van der Waals surface area contributed by atoms with Gasteiger partial charge in [-0.1, -0.05) is 23.7 Å². The first kappa shape index (κ1) is 23.3. The first-order valence-corrected chi connectivity index (χ1v) is 10.9. The largest absolute Gasteiger partial charge is 0.450 e. The molecule has 0 radical (unpaired) electrons. The van der Waals surface area contributed by atoms with E-state index >= 15 is 0 Å². The van der Waals surface area contributed by atoms with Crippen molar-refractivity contribution in [2.45, 2.75) is 0 Å². The van der Waals surface area contributed by atoms with Gasteiger partial charge in [-0.3, -0.25) is 20.2 Å². The van der Waals surface area contributed by atoms with Crippen LogP contribution in [0.2, 0.25) is 5.02 Å². The molecule has 34 heavy (non-hydrogen) atoms. The minimum Gasteiger partial charge on any atom is -0.450 e. The van der Waals surface area contributed by atoms with Gasteiger partial charge in [0.05, 0.1) is 26.5 Å². The standard InChI is InChI=1S/C22H11ClIN3O7/c23-17-7-3-13(24)10-16(17)21-25-18(22(28)34-21)9-12-1-5-15(6-2-12)33-20-8-4-14(26(29)30)11-19(20)27(31)32/h1-11H. The van der Waals surface area contributed by atoms with Crippen molar-refractivity contribution >= 4 is 63.5 Å². The van der Waals surface area contributed by atoms with Gasteiger partial charge >= 0.3 is 11.7 Å². The number of ether oxygens (including phenoxy) is 2. The molecular formula is C22H11ClIN3O7. The van der Waals surface area contributed by atoms with Crippen molar-refractivity contribution in [1.29, 1.82) is 0 Å². The monoisotopic (exact) mass is 591 g/mol. The second-order valence-corrected chi connectivity index (χ2v) is 8.45. The van der Waals surface area contributed by atoms with Gasteiger partial charge in [-0.2, -0.15) is 0 Å². The number of esters is 1. The van der Waals surface area contributed by atoms with E-state index < -0.39 is 27.2 Å². The number of cyclic esters (lactones) is 1. The summed E-state index contributed by atoms with van der Waals surface area (Å²) < 4.78 is 11.7. The summed E-state index contributed by atoms with van der Waals surface area (Å²) in [6, 6.07) is 14.6. The van der Waals surface area contributed by atoms with Crippen LogP contribution in [-0.2, 0) is 9.53 Å². The molecule has 170 valence electrons. The molecule has 0 saturated carbocycles. The third-order valence-corrected chi connectivity index (χ3v) is 5.54. The Bertz CT molecular complexity index is 1400. The Morgan fingerprint density at radius 1 is 1.00 bits per heavy atom. The molecular weight excluding hydrogens is 581 g/mol. The van der Waals surface area contributed by atoms with E-state index in [0.29, 0.717) is 16.1 Å². The number of nitrogens with zero attached hydrogens (tertiary/aromatic N) is 3. The third kappa shape index (κ3) is 5.05. The van der Waals surface area contributed by atoms with Crippen molar-refractivity contribution in [2.24, 2.45) is 4.99 Å². The van der Waals surface area contributed by atoms with Gasteiger partial charge in [-0.15, -0.1) is 0 Å². The Labute approximate surface area is 209 Å². The zero-order valence-corrected chi connectivity index (χ0v) is 19.7. The van der Waals surface area contributed by atoms with Crippen LogP contribution >= 0.6 is 34.2 Å². The molecule has 0 bridgehead atoms. The molecule has 0 aromatic heterocycles. The number of hydrogen-bond acceptors (Lipinski definition) is 8. The van der Waals surface area contributed by atoms with E-state index in [4.69, 9.17) is 21.1 Å². The number of benzene rings is 3. The van der Waals surface area contributed by atoms with Gasteiger partial charge in [0.1, 0.15) is 5.75 Å². The van der Waals surface area contributed by atoms with E-state index in [1.54, 1.807) is 24.3 Å². The quantitative estimate of drug-likeness (QED) is 0.115. The molecule has 0 aliphatic carbocycles. The van der Waals surface area contributed by atoms with Gasteiger partial charge in [-0.05, 0) is 70.6 Å². The number of carbonyl (C=O) groups is 1. The molecule has 3 aromatic carbocycles. The fraction of sp³-hybridized carbons (Fsp3) is 0. The van der Waals surface area contributed by atoms with Crippen LogP contribution in [0, 0.1) is 23.8 Å². The minimum absolute atomic E-state index is 0.0737. The van der Waals surface area contributed by atoms with Crippen molar-refractivity contribution in [2.75, 3.05) is 0 Å². The van der Waals surface area contributed by atoms with Gasteiger partial charge < -0.3 is 9.47 Å². The Hall–Kier alpha value is -3.84. The Kier molecular flexibility index (Phi) is 6.56. The first-order chi connectivity index (χ1) is 16.2. The van der Waals surface area contributed by atoms with Crippen LogP contribution < -0.4 is 4.74 Å². The van der Waals surface area contributed by atoms with E-state index in [0.717, 1.165) is 21.8 Å². The van der Waals surface area contributed by atoms with Crippen molar-refractivity contribution in [1.82, 2.24) is 0 Å². The average Bonchev–Trinajstić information content (AvgIpc) is 3.16. The second kappa shape index (κ2) is 9.57. The molecule has 0 spiro atoms. The van der Waals surface area contributed by atoms with Crippen LogP contribution in [0.15, 0.2) is 71.4 Å². The lowest BCUT2D eigenvalue weighted by atomic mass is 10.2. The summed E-state index contributed by atoms with van der Waals surface area (Å²) in [5, 5.41) is 22.5. The van der Waals surface area contributed by atoms with E-state index in [9.17, 15) is 25.0 Å². The lowest BCUT2D eigenvalue weighted by Gasteiger charge is -2.06. The molecule has 0 fully saturated rings. The Morgan fingerprint density at radius 3 is 2.41 bits per heavy atom. The Balaban J connectivity index is 1.56. The lowest BCUT2D eigenvalue weighted by Crippen LogP contribution is -2.06. The molecule has 0 unspecified atom stereocenters. The lowest BCUT2D eigenvalue weighted by molar-refractivity contribution is -0.394. The SMILES string of the molecule is O=C1OC(c2cc(I)ccc2Cl)=NC1=Cc1ccc(Oc2ccc([N+](=O)[O-])cc2[N+](=O)[O-])cc1. The topological polar surface area (TPSA) is 134 Å². The summed E-state index contributed by atoms with van der Waals surface area (Å²) >= 11 is 8.30. The maximum absolute atomic E-state index is 12.3. The number of carbonyl (C=O) groups excluding carboxylic acids is 1. The molecule has 4 rings (SSSR count). The van der Waals surface area contributed by atoms with E-state index in [-0.39, 0.29) is 23.1 Å². The van der Waals surface area contributed by atoms with Gasteiger partial charge in [0, 0.05) is 9.64 Å². The summed E-state index contributed by atoms with van der Waals surface area (Å²) in [4.78, 5) is 37.1. The molecule has 0 amide bonds. The molecule has 0 N–H and O–H groups in total. The Morgan fingerprint density at radius 2 is 1.74 bits per heavy atom. The highest BCUT2D eigenvalue weighted by Crippen LogP contribution is 2.34. The van der Waals surface area contributed by atoms with Crippen molar-refractivity contribution < 1.29 is 24.1 Å². The maximum Gasteiger partial charge on any atom is 0.363 e. The molecule has 0 saturated heterocycles. The van der Waals surface area contributed by atoms with Crippen molar-refractivity contribution in [3.8, 4) is 11.5 Å². The zero-order valence-electron chi connectivity index (χ0n) is 16.8. The second-order valence-electron chi connectivity index (χ2n) is 6.80. The van der Waals surface area contributed by atoms with Crippen LogP contribution in [0.3, 0.4) is 0 Å². The molecule has 1 heterocycles. The summed E-state index contributed by atoms with van der Waals surface area (Å²) in [6.45, 7) is 0. The number of nitro groups is 2. The van der Waals surface area contributed by atoms with Gasteiger partial charge in [-0.25, -0.2) is 9.79 Å². The van der Waals surface area contributed by atoms with Crippen LogP contribution in [0.25, 0.3) is 6.08 Å². The van der Waals surface area contributed by atoms with Crippen LogP contribution in [-0.4, -0.2) is 21.7 Å². The summed E-state index contributed by atoms with van der Waals surface area (Å²) in [5.41, 5.74) is 0.209. The fourth-order valence-electron chi connectivity index (χ4n) is 2.95. The molecule has 1 aliphatic heterocycles. The molecule has 12 heteroatoms.